The molecule has 1 aliphatic carbocycles. The molecule has 130 valence electrons. The van der Waals surface area contributed by atoms with E-state index in [0.717, 1.165) is 69.7 Å². The van der Waals surface area contributed by atoms with Crippen molar-refractivity contribution < 1.29 is 4.79 Å². The van der Waals surface area contributed by atoms with Crippen molar-refractivity contribution in [2.75, 3.05) is 33.2 Å². The second kappa shape index (κ2) is 6.31. The largest absolute Gasteiger partial charge is 0.345 e. The monoisotopic (exact) mass is 330 g/mol. The van der Waals surface area contributed by atoms with Crippen LogP contribution in [0, 0.1) is 11.8 Å². The predicted molar refractivity (Wildman–Crippen MR) is 90.8 cm³/mol. The lowest BCUT2D eigenvalue weighted by Gasteiger charge is -2.42. The summed E-state index contributed by atoms with van der Waals surface area (Å²) in [5.74, 6) is 1.39. The highest BCUT2D eigenvalue weighted by atomic mass is 16.2. The Balaban J connectivity index is 1.28. The molecule has 3 heterocycles. The molecule has 0 spiro atoms. The van der Waals surface area contributed by atoms with Gasteiger partial charge in [-0.2, -0.15) is 5.10 Å². The van der Waals surface area contributed by atoms with Gasteiger partial charge >= 0.3 is 0 Å². The highest BCUT2D eigenvalue weighted by Gasteiger charge is 2.31. The van der Waals surface area contributed by atoms with E-state index in [9.17, 15) is 9.59 Å². The standard InChI is InChI=1S/C18H26N4O2/c1-20-8-13(5-6-17(20)23)9-21-10-14(11-21)12-22-18(24)7-15-3-2-4-16(15)19-22/h7,13-14H,2-6,8-12H2,1H3. The molecule has 0 N–H and O–H groups in total. The number of hydrogen-bond donors (Lipinski definition) is 0. The number of carbonyl (C=O) groups excluding carboxylic acids is 1. The Kier molecular flexibility index (Phi) is 4.16. The summed E-state index contributed by atoms with van der Waals surface area (Å²) in [6.45, 7) is 4.77. The highest BCUT2D eigenvalue weighted by molar-refractivity contribution is 5.76. The molecule has 0 bridgehead atoms. The maximum Gasteiger partial charge on any atom is 0.267 e. The van der Waals surface area contributed by atoms with E-state index in [2.05, 4.69) is 10.00 Å². The lowest BCUT2D eigenvalue weighted by Crippen LogP contribution is -2.52. The Bertz CT molecular complexity index is 693. The molecule has 0 saturated carbocycles. The molecular weight excluding hydrogens is 304 g/mol. The molecule has 1 aromatic rings. The van der Waals surface area contributed by atoms with Crippen LogP contribution in [-0.4, -0.2) is 58.7 Å². The van der Waals surface area contributed by atoms with E-state index in [1.165, 1.54) is 0 Å². The van der Waals surface area contributed by atoms with Crippen LogP contribution in [0.15, 0.2) is 10.9 Å². The molecule has 6 heteroatoms. The fourth-order valence-corrected chi connectivity index (χ4v) is 4.37. The number of rotatable bonds is 4. The van der Waals surface area contributed by atoms with E-state index in [-0.39, 0.29) is 11.5 Å². The third-order valence-corrected chi connectivity index (χ3v) is 5.73. The van der Waals surface area contributed by atoms with E-state index in [1.807, 2.05) is 11.9 Å². The van der Waals surface area contributed by atoms with Crippen LogP contribution in [0.3, 0.4) is 0 Å². The first-order valence-corrected chi connectivity index (χ1v) is 9.14. The SMILES string of the molecule is CN1CC(CN2CC(Cn3nc4c(cc3=O)CCC4)C2)CCC1=O. The average molecular weight is 330 g/mol. The minimum Gasteiger partial charge on any atom is -0.345 e. The molecule has 4 rings (SSSR count). The van der Waals surface area contributed by atoms with Gasteiger partial charge in [0.15, 0.2) is 0 Å². The molecule has 2 fully saturated rings. The molecule has 24 heavy (non-hydrogen) atoms. The second-order valence-corrected chi connectivity index (χ2v) is 7.75. The molecule has 0 aromatic carbocycles. The van der Waals surface area contributed by atoms with Crippen LogP contribution in [0.4, 0.5) is 0 Å². The van der Waals surface area contributed by atoms with Crippen molar-refractivity contribution >= 4 is 5.91 Å². The highest BCUT2D eigenvalue weighted by Crippen LogP contribution is 2.23. The van der Waals surface area contributed by atoms with Gasteiger partial charge in [0.25, 0.3) is 5.56 Å². The number of piperidine rings is 1. The molecule has 2 aliphatic heterocycles. The summed E-state index contributed by atoms with van der Waals surface area (Å²) < 4.78 is 1.68. The van der Waals surface area contributed by atoms with Gasteiger partial charge in [-0.3, -0.25) is 9.59 Å². The topological polar surface area (TPSA) is 58.4 Å². The second-order valence-electron chi connectivity index (χ2n) is 7.75. The predicted octanol–water partition coefficient (Wildman–Crippen LogP) is 0.532. The number of nitrogens with zero attached hydrogens (tertiary/aromatic N) is 4. The summed E-state index contributed by atoms with van der Waals surface area (Å²) in [5.41, 5.74) is 2.34. The fraction of sp³-hybridized carbons (Fsp3) is 0.722. The molecule has 3 aliphatic rings. The van der Waals surface area contributed by atoms with E-state index in [0.29, 0.717) is 18.3 Å². The first kappa shape index (κ1) is 15.8. The minimum atomic E-state index is 0.0570. The van der Waals surface area contributed by atoms with Crippen LogP contribution in [0.25, 0.3) is 0 Å². The molecule has 1 unspecified atom stereocenters. The zero-order chi connectivity index (χ0) is 16.7. The number of likely N-dealkylation sites (tertiary alicyclic amines) is 2. The van der Waals surface area contributed by atoms with Crippen molar-refractivity contribution in [3.63, 3.8) is 0 Å². The summed E-state index contributed by atoms with van der Waals surface area (Å²) >= 11 is 0. The van der Waals surface area contributed by atoms with Gasteiger partial charge in [-0.15, -0.1) is 0 Å². The maximum atomic E-state index is 12.2. The molecule has 6 nitrogen and oxygen atoms in total. The van der Waals surface area contributed by atoms with E-state index < -0.39 is 0 Å². The number of aromatic nitrogens is 2. The van der Waals surface area contributed by atoms with Crippen LogP contribution in [-0.2, 0) is 24.2 Å². The van der Waals surface area contributed by atoms with Crippen molar-refractivity contribution in [2.45, 2.75) is 38.6 Å². The summed E-state index contributed by atoms with van der Waals surface area (Å²) in [5, 5.41) is 4.58. The Hall–Kier alpha value is -1.69. The van der Waals surface area contributed by atoms with Crippen LogP contribution in [0.1, 0.15) is 30.5 Å². The van der Waals surface area contributed by atoms with E-state index in [1.54, 1.807) is 10.7 Å². The van der Waals surface area contributed by atoms with E-state index >= 15 is 0 Å². The smallest absolute Gasteiger partial charge is 0.267 e. The Morgan fingerprint density at radius 1 is 1.08 bits per heavy atom. The van der Waals surface area contributed by atoms with Gasteiger partial charge in [0, 0.05) is 51.6 Å². The van der Waals surface area contributed by atoms with Gasteiger partial charge in [-0.05, 0) is 37.2 Å². The zero-order valence-electron chi connectivity index (χ0n) is 14.4. The quantitative estimate of drug-likeness (QED) is 0.808. The van der Waals surface area contributed by atoms with Crippen molar-refractivity contribution in [1.82, 2.24) is 19.6 Å². The van der Waals surface area contributed by atoms with Gasteiger partial charge in [-0.25, -0.2) is 4.68 Å². The Labute approximate surface area is 142 Å². The molecule has 0 radical (unpaired) electrons. The van der Waals surface area contributed by atoms with Gasteiger partial charge < -0.3 is 9.80 Å². The van der Waals surface area contributed by atoms with Crippen LogP contribution in [0.5, 0.6) is 0 Å². The fourth-order valence-electron chi connectivity index (χ4n) is 4.37. The zero-order valence-corrected chi connectivity index (χ0v) is 14.4. The number of hydrogen-bond acceptors (Lipinski definition) is 4. The lowest BCUT2D eigenvalue weighted by molar-refractivity contribution is -0.133. The molecular formula is C18H26N4O2. The van der Waals surface area contributed by atoms with Crippen LogP contribution >= 0.6 is 0 Å². The number of carbonyl (C=O) groups is 1. The van der Waals surface area contributed by atoms with Crippen LogP contribution in [0.2, 0.25) is 0 Å². The van der Waals surface area contributed by atoms with Gasteiger partial charge in [0.1, 0.15) is 0 Å². The number of aryl methyl sites for hydroxylation is 2. The first-order chi connectivity index (χ1) is 11.6. The minimum absolute atomic E-state index is 0.0570. The normalized spacial score (nSPS) is 25.0. The maximum absolute atomic E-state index is 12.2. The molecule has 1 amide bonds. The molecule has 1 aromatic heterocycles. The van der Waals surface area contributed by atoms with Gasteiger partial charge in [0.2, 0.25) is 5.91 Å². The Morgan fingerprint density at radius 3 is 2.71 bits per heavy atom. The molecule has 1 atom stereocenters. The third-order valence-electron chi connectivity index (χ3n) is 5.73. The summed E-state index contributed by atoms with van der Waals surface area (Å²) in [7, 11) is 1.90. The Morgan fingerprint density at radius 2 is 1.92 bits per heavy atom. The summed E-state index contributed by atoms with van der Waals surface area (Å²) in [4.78, 5) is 28.0. The third kappa shape index (κ3) is 3.11. The lowest BCUT2D eigenvalue weighted by atomic mass is 9.93. The van der Waals surface area contributed by atoms with Crippen molar-refractivity contribution in [2.24, 2.45) is 11.8 Å². The van der Waals surface area contributed by atoms with Crippen molar-refractivity contribution in [3.8, 4) is 0 Å². The van der Waals surface area contributed by atoms with Crippen molar-refractivity contribution in [3.05, 3.63) is 27.7 Å². The first-order valence-electron chi connectivity index (χ1n) is 9.14. The van der Waals surface area contributed by atoms with E-state index in [4.69, 9.17) is 0 Å². The van der Waals surface area contributed by atoms with Gasteiger partial charge in [-0.1, -0.05) is 0 Å². The summed E-state index contributed by atoms with van der Waals surface area (Å²) in [6.07, 6.45) is 4.85. The van der Waals surface area contributed by atoms with Crippen molar-refractivity contribution in [1.29, 1.82) is 0 Å². The molecule has 2 saturated heterocycles. The number of fused-ring (bicyclic) bond motifs is 1. The van der Waals surface area contributed by atoms with Crippen LogP contribution < -0.4 is 5.56 Å². The van der Waals surface area contributed by atoms with Gasteiger partial charge in [0.05, 0.1) is 12.2 Å². The number of amides is 1. The summed E-state index contributed by atoms with van der Waals surface area (Å²) in [6, 6.07) is 1.79. The average Bonchev–Trinajstić information content (AvgIpc) is 2.96.